The summed E-state index contributed by atoms with van der Waals surface area (Å²) >= 11 is 0. The zero-order valence-electron chi connectivity index (χ0n) is 13.0. The Morgan fingerprint density at radius 3 is 2.78 bits per heavy atom. The Hall–Kier alpha value is -2.73. The molecule has 0 aliphatic heterocycles. The van der Waals surface area contributed by atoms with Crippen LogP contribution in [0, 0.1) is 13.8 Å². The van der Waals surface area contributed by atoms with Crippen LogP contribution in [0.3, 0.4) is 0 Å². The van der Waals surface area contributed by atoms with Gasteiger partial charge in [-0.25, -0.2) is 0 Å². The molecule has 0 atom stereocenters. The lowest BCUT2D eigenvalue weighted by atomic mass is 10.0. The number of aliphatic hydroxyl groups excluding tert-OH is 1. The highest BCUT2D eigenvalue weighted by Crippen LogP contribution is 2.22. The number of carbonyl (C=O) groups excluding carboxylic acids is 1. The molecule has 1 amide bonds. The van der Waals surface area contributed by atoms with E-state index in [1.807, 2.05) is 31.2 Å². The molecule has 0 unspecified atom stereocenters. The van der Waals surface area contributed by atoms with Crippen LogP contribution in [0.25, 0.3) is 10.9 Å². The molecule has 0 bridgehead atoms. The van der Waals surface area contributed by atoms with Crippen LogP contribution in [0.15, 0.2) is 34.9 Å². The summed E-state index contributed by atoms with van der Waals surface area (Å²) in [7, 11) is 0. The number of pyridine rings is 1. The van der Waals surface area contributed by atoms with Crippen molar-refractivity contribution in [2.45, 2.75) is 26.9 Å². The highest BCUT2D eigenvalue weighted by atomic mass is 16.5. The zero-order valence-corrected chi connectivity index (χ0v) is 13.0. The number of nitrogens with zero attached hydrogens (tertiary/aromatic N) is 2. The summed E-state index contributed by atoms with van der Waals surface area (Å²) in [6, 6.07) is 9.14. The standard InChI is InChI=1S/C17H17N3O3/c1-10-6-13(9-21)14-5-3-4-12(17(14)18-10)8-16(22)19-15-7-11(2)23-20-15/h3-7,21H,8-9H2,1-2H3,(H,19,20,22). The molecule has 0 fully saturated rings. The lowest BCUT2D eigenvalue weighted by molar-refractivity contribution is -0.115. The summed E-state index contributed by atoms with van der Waals surface area (Å²) in [4.78, 5) is 16.7. The van der Waals surface area contributed by atoms with Crippen molar-refractivity contribution in [2.75, 3.05) is 5.32 Å². The molecule has 3 rings (SSSR count). The van der Waals surface area contributed by atoms with E-state index >= 15 is 0 Å². The second-order valence-corrected chi connectivity index (χ2v) is 5.44. The molecular weight excluding hydrogens is 294 g/mol. The van der Waals surface area contributed by atoms with Gasteiger partial charge < -0.3 is 14.9 Å². The van der Waals surface area contributed by atoms with Crippen LogP contribution in [0.2, 0.25) is 0 Å². The molecule has 2 aromatic heterocycles. The lowest BCUT2D eigenvalue weighted by Gasteiger charge is -2.10. The second kappa shape index (κ2) is 6.18. The fraction of sp³-hybridized carbons (Fsp3) is 0.235. The molecule has 6 heteroatoms. The van der Waals surface area contributed by atoms with E-state index in [4.69, 9.17) is 4.52 Å². The largest absolute Gasteiger partial charge is 0.392 e. The van der Waals surface area contributed by atoms with Gasteiger partial charge in [-0.2, -0.15) is 0 Å². The topological polar surface area (TPSA) is 88.2 Å². The van der Waals surface area contributed by atoms with Crippen LogP contribution in [-0.2, 0) is 17.8 Å². The van der Waals surface area contributed by atoms with E-state index in [0.29, 0.717) is 11.6 Å². The van der Waals surface area contributed by atoms with Crippen LogP contribution >= 0.6 is 0 Å². The summed E-state index contributed by atoms with van der Waals surface area (Å²) in [5, 5.41) is 16.8. The molecule has 0 saturated carbocycles. The minimum Gasteiger partial charge on any atom is -0.392 e. The maximum absolute atomic E-state index is 12.2. The maximum atomic E-state index is 12.2. The SMILES string of the molecule is Cc1cc(CO)c2cccc(CC(=O)Nc3cc(C)on3)c2n1. The van der Waals surface area contributed by atoms with E-state index in [1.54, 1.807) is 13.0 Å². The number of hydrogen-bond acceptors (Lipinski definition) is 5. The van der Waals surface area contributed by atoms with Crippen molar-refractivity contribution in [3.63, 3.8) is 0 Å². The minimum atomic E-state index is -0.195. The van der Waals surface area contributed by atoms with Gasteiger partial charge in [0.2, 0.25) is 5.91 Å². The van der Waals surface area contributed by atoms with Crippen molar-refractivity contribution >= 4 is 22.6 Å². The van der Waals surface area contributed by atoms with Gasteiger partial charge in [0.05, 0.1) is 18.5 Å². The molecule has 0 spiro atoms. The van der Waals surface area contributed by atoms with E-state index in [-0.39, 0.29) is 18.9 Å². The van der Waals surface area contributed by atoms with Gasteiger partial charge in [0.15, 0.2) is 5.82 Å². The predicted octanol–water partition coefficient (Wildman–Crippen LogP) is 2.51. The molecule has 118 valence electrons. The number of benzene rings is 1. The van der Waals surface area contributed by atoms with Crippen LogP contribution in [0.4, 0.5) is 5.82 Å². The predicted molar refractivity (Wildman–Crippen MR) is 86.0 cm³/mol. The van der Waals surface area contributed by atoms with Gasteiger partial charge in [0, 0.05) is 17.1 Å². The number of rotatable bonds is 4. The van der Waals surface area contributed by atoms with Gasteiger partial charge in [0.1, 0.15) is 5.76 Å². The summed E-state index contributed by atoms with van der Waals surface area (Å²) in [6.07, 6.45) is 0.171. The number of aliphatic hydroxyl groups is 1. The van der Waals surface area contributed by atoms with E-state index in [0.717, 1.165) is 27.7 Å². The van der Waals surface area contributed by atoms with Crippen LogP contribution in [0.5, 0.6) is 0 Å². The third-order valence-electron chi connectivity index (χ3n) is 3.55. The van der Waals surface area contributed by atoms with Gasteiger partial charge >= 0.3 is 0 Å². The summed E-state index contributed by atoms with van der Waals surface area (Å²) in [5.41, 5.74) is 3.16. The first kappa shape index (κ1) is 15.2. The number of amides is 1. The second-order valence-electron chi connectivity index (χ2n) is 5.44. The number of aromatic nitrogens is 2. The van der Waals surface area contributed by atoms with Crippen LogP contribution in [0.1, 0.15) is 22.6 Å². The molecular formula is C17H17N3O3. The first-order valence-corrected chi connectivity index (χ1v) is 7.29. The summed E-state index contributed by atoms with van der Waals surface area (Å²) < 4.78 is 4.93. The van der Waals surface area contributed by atoms with E-state index in [1.165, 1.54) is 0 Å². The Balaban J connectivity index is 1.90. The van der Waals surface area contributed by atoms with E-state index in [2.05, 4.69) is 15.5 Å². The number of hydrogen-bond donors (Lipinski definition) is 2. The molecule has 0 aliphatic rings. The van der Waals surface area contributed by atoms with E-state index < -0.39 is 0 Å². The molecule has 0 aliphatic carbocycles. The Bertz CT molecular complexity index is 871. The summed E-state index contributed by atoms with van der Waals surface area (Å²) in [5.74, 6) is 0.836. The number of carbonyl (C=O) groups is 1. The molecule has 6 nitrogen and oxygen atoms in total. The Morgan fingerprint density at radius 1 is 1.26 bits per heavy atom. The third kappa shape index (κ3) is 3.22. The first-order chi connectivity index (χ1) is 11.1. The van der Waals surface area contributed by atoms with Crippen molar-refractivity contribution in [3.8, 4) is 0 Å². The average Bonchev–Trinajstić information content (AvgIpc) is 2.92. The number of anilines is 1. The van der Waals surface area contributed by atoms with E-state index in [9.17, 15) is 9.90 Å². The molecule has 1 aromatic carbocycles. The van der Waals surface area contributed by atoms with Crippen molar-refractivity contribution in [1.82, 2.24) is 10.1 Å². The highest BCUT2D eigenvalue weighted by Gasteiger charge is 2.12. The monoisotopic (exact) mass is 311 g/mol. The average molecular weight is 311 g/mol. The molecule has 2 N–H and O–H groups in total. The van der Waals surface area contributed by atoms with Gasteiger partial charge in [0.25, 0.3) is 0 Å². The minimum absolute atomic E-state index is 0.0618. The van der Waals surface area contributed by atoms with Gasteiger partial charge in [-0.05, 0) is 31.0 Å². The van der Waals surface area contributed by atoms with Gasteiger partial charge in [-0.15, -0.1) is 0 Å². The maximum Gasteiger partial charge on any atom is 0.230 e. The van der Waals surface area contributed by atoms with Crippen molar-refractivity contribution in [3.05, 3.63) is 52.9 Å². The Kier molecular flexibility index (Phi) is 4.08. The first-order valence-electron chi connectivity index (χ1n) is 7.29. The Labute approximate surface area is 133 Å². The fourth-order valence-corrected chi connectivity index (χ4v) is 2.58. The zero-order chi connectivity index (χ0) is 16.4. The van der Waals surface area contributed by atoms with Gasteiger partial charge in [-0.1, -0.05) is 23.4 Å². The number of nitrogens with one attached hydrogen (secondary N) is 1. The smallest absolute Gasteiger partial charge is 0.230 e. The molecule has 2 heterocycles. The van der Waals surface area contributed by atoms with Crippen LogP contribution in [-0.4, -0.2) is 21.2 Å². The molecule has 3 aromatic rings. The third-order valence-corrected chi connectivity index (χ3v) is 3.55. The fourth-order valence-electron chi connectivity index (χ4n) is 2.58. The number of para-hydroxylation sites is 1. The lowest BCUT2D eigenvalue weighted by Crippen LogP contribution is -2.15. The number of fused-ring (bicyclic) bond motifs is 1. The molecule has 0 saturated heterocycles. The van der Waals surface area contributed by atoms with Crippen LogP contribution < -0.4 is 5.32 Å². The molecule has 23 heavy (non-hydrogen) atoms. The molecule has 0 radical (unpaired) electrons. The van der Waals surface area contributed by atoms with Crippen molar-refractivity contribution in [1.29, 1.82) is 0 Å². The van der Waals surface area contributed by atoms with Gasteiger partial charge in [-0.3, -0.25) is 9.78 Å². The van der Waals surface area contributed by atoms with Crippen molar-refractivity contribution in [2.24, 2.45) is 0 Å². The Morgan fingerprint density at radius 2 is 2.09 bits per heavy atom. The quantitative estimate of drug-likeness (QED) is 0.773. The summed E-state index contributed by atoms with van der Waals surface area (Å²) in [6.45, 7) is 3.57. The van der Waals surface area contributed by atoms with Crippen molar-refractivity contribution < 1.29 is 14.4 Å². The number of aryl methyl sites for hydroxylation is 2. The highest BCUT2D eigenvalue weighted by molar-refractivity contribution is 5.95. The normalized spacial score (nSPS) is 10.9.